The van der Waals surface area contributed by atoms with Crippen molar-refractivity contribution in [3.8, 4) is 0 Å². The molecule has 0 aromatic carbocycles. The van der Waals surface area contributed by atoms with E-state index in [0.717, 1.165) is 25.7 Å². The maximum atomic E-state index is 10.2. The Morgan fingerprint density at radius 3 is 0.619 bits per heavy atom. The number of carboxylic acids is 2. The van der Waals surface area contributed by atoms with Gasteiger partial charge in [0.05, 0.1) is 0 Å². The van der Waals surface area contributed by atoms with Crippen LogP contribution in [0.15, 0.2) is 0 Å². The second-order valence-corrected chi connectivity index (χ2v) is 12.1. The van der Waals surface area contributed by atoms with E-state index in [9.17, 15) is 19.8 Å². The molecule has 0 bridgehead atoms. The van der Waals surface area contributed by atoms with Gasteiger partial charge in [-0.3, -0.25) is 0 Å². The van der Waals surface area contributed by atoms with Gasteiger partial charge < -0.3 is 25.3 Å². The van der Waals surface area contributed by atoms with Crippen molar-refractivity contribution in [1.82, 2.24) is 0 Å². The maximum Gasteiger partial charge on any atom is 4.00 e. The van der Waals surface area contributed by atoms with E-state index in [-0.39, 0.29) is 40.0 Å². The minimum atomic E-state index is -0.903. The Hall–Kier alpha value is -0.386. The number of rotatable bonds is 32. The first-order valence-electron chi connectivity index (χ1n) is 17.9. The molecule has 6 heteroatoms. The first-order chi connectivity index (χ1) is 19.5. The third-order valence-corrected chi connectivity index (χ3v) is 7.97. The van der Waals surface area contributed by atoms with Gasteiger partial charge in [0.1, 0.15) is 0 Å². The fourth-order valence-corrected chi connectivity index (χ4v) is 5.28. The summed E-state index contributed by atoms with van der Waals surface area (Å²) in [6.07, 6.45) is 39.7. The fraction of sp³-hybridized carbons (Fsp3) is 0.944. The molecular formula is C36H70O5Ti. The van der Waals surface area contributed by atoms with Crippen LogP contribution in [0.2, 0.25) is 0 Å². The first kappa shape index (κ1) is 48.5. The van der Waals surface area contributed by atoms with Crippen molar-refractivity contribution in [3.63, 3.8) is 0 Å². The van der Waals surface area contributed by atoms with Crippen LogP contribution in [0.1, 0.15) is 219 Å². The molecule has 0 fully saturated rings. The zero-order valence-corrected chi connectivity index (χ0v) is 29.7. The Labute approximate surface area is 277 Å². The molecule has 0 unspecified atom stereocenters. The number of carbonyl (C=O) groups is 2. The normalized spacial score (nSPS) is 10.3. The smallest absolute Gasteiger partial charge is 2.00 e. The van der Waals surface area contributed by atoms with E-state index in [1.165, 1.54) is 167 Å². The van der Waals surface area contributed by atoms with Gasteiger partial charge in [-0.05, 0) is 25.7 Å². The summed E-state index contributed by atoms with van der Waals surface area (Å²) >= 11 is 0. The molecule has 0 saturated heterocycles. The Kier molecular flexibility index (Phi) is 52.0. The molecule has 0 amide bonds. The van der Waals surface area contributed by atoms with Crippen LogP contribution in [-0.2, 0) is 36.8 Å². The van der Waals surface area contributed by atoms with Gasteiger partial charge in [-0.15, -0.1) is 0 Å². The predicted molar refractivity (Wildman–Crippen MR) is 170 cm³/mol. The number of unbranched alkanes of at least 4 members (excludes halogenated alkanes) is 28. The summed E-state index contributed by atoms with van der Waals surface area (Å²) < 4.78 is 0. The molecule has 0 heterocycles. The molecule has 0 spiro atoms. The Balaban J connectivity index is -0.000000328. The van der Waals surface area contributed by atoms with E-state index in [4.69, 9.17) is 0 Å². The molecule has 0 aromatic rings. The van der Waals surface area contributed by atoms with Crippen molar-refractivity contribution in [2.45, 2.75) is 219 Å². The van der Waals surface area contributed by atoms with Gasteiger partial charge in [0.15, 0.2) is 0 Å². The third-order valence-electron chi connectivity index (χ3n) is 7.97. The second-order valence-electron chi connectivity index (χ2n) is 12.1. The average Bonchev–Trinajstić information content (AvgIpc) is 2.93. The summed E-state index contributed by atoms with van der Waals surface area (Å²) in [5.74, 6) is -1.81. The Bertz CT molecular complexity index is 457. The second kappa shape index (κ2) is 45.0. The number of aliphatic carboxylic acids is 2. The standard InChI is InChI=1S/2C18H36O2.O.Ti/c2*1-2-3-4-5-6-7-8-9-10-11-12-13-14-15-16-17-18(19)20;;/h2*2-17H2,1H3,(H,19,20);;/q;;-2;+4/p-2. The average molecular weight is 631 g/mol. The minimum absolute atomic E-state index is 0. The van der Waals surface area contributed by atoms with Crippen LogP contribution in [0.4, 0.5) is 0 Å². The van der Waals surface area contributed by atoms with Crippen molar-refractivity contribution in [2.24, 2.45) is 0 Å². The topological polar surface area (TPSA) is 109 Å². The monoisotopic (exact) mass is 630 g/mol. The SMILES string of the molecule is CCCCCCCCCCCCCCCCCC(=O)[O-].CCCCCCCCCCCCCCCCCC(=O)[O-].[O-2].[Ti+4]. The number of hydrogen-bond acceptors (Lipinski definition) is 4. The molecule has 248 valence electrons. The number of carboxylic acid groups (broad SMARTS) is 2. The minimum Gasteiger partial charge on any atom is -2.00 e. The van der Waals surface area contributed by atoms with E-state index >= 15 is 0 Å². The van der Waals surface area contributed by atoms with Gasteiger partial charge in [0, 0.05) is 11.9 Å². The van der Waals surface area contributed by atoms with Gasteiger partial charge in [0.2, 0.25) is 0 Å². The molecule has 0 atom stereocenters. The van der Waals surface area contributed by atoms with E-state index in [1.807, 2.05) is 0 Å². The summed E-state index contributed by atoms with van der Waals surface area (Å²) in [7, 11) is 0. The van der Waals surface area contributed by atoms with Gasteiger partial charge in [-0.1, -0.05) is 194 Å². The van der Waals surface area contributed by atoms with Gasteiger partial charge in [-0.25, -0.2) is 0 Å². The molecule has 0 saturated carbocycles. The zero-order chi connectivity index (χ0) is 29.8. The van der Waals surface area contributed by atoms with Gasteiger partial charge in [-0.2, -0.15) is 0 Å². The van der Waals surface area contributed by atoms with Crippen LogP contribution in [0.25, 0.3) is 0 Å². The Morgan fingerprint density at radius 2 is 0.476 bits per heavy atom. The van der Waals surface area contributed by atoms with E-state index < -0.39 is 11.9 Å². The van der Waals surface area contributed by atoms with Gasteiger partial charge >= 0.3 is 21.7 Å². The quantitative estimate of drug-likeness (QED) is 0.0544. The van der Waals surface area contributed by atoms with Crippen LogP contribution in [-0.4, -0.2) is 11.9 Å². The van der Waals surface area contributed by atoms with Crippen molar-refractivity contribution in [1.29, 1.82) is 0 Å². The van der Waals surface area contributed by atoms with Crippen molar-refractivity contribution < 1.29 is 47.0 Å². The number of carbonyl (C=O) groups excluding carboxylic acids is 2. The van der Waals surface area contributed by atoms with E-state index in [2.05, 4.69) is 13.8 Å². The summed E-state index contributed by atoms with van der Waals surface area (Å²) in [6, 6.07) is 0. The molecule has 0 N–H and O–H groups in total. The van der Waals surface area contributed by atoms with Crippen molar-refractivity contribution >= 4 is 11.9 Å². The van der Waals surface area contributed by atoms with Crippen LogP contribution in [0.5, 0.6) is 0 Å². The summed E-state index contributed by atoms with van der Waals surface area (Å²) in [6.45, 7) is 4.53. The predicted octanol–water partition coefficient (Wildman–Crippen LogP) is 9.87. The van der Waals surface area contributed by atoms with Crippen molar-refractivity contribution in [3.05, 3.63) is 0 Å². The molecule has 5 nitrogen and oxygen atoms in total. The summed E-state index contributed by atoms with van der Waals surface area (Å²) in [5.41, 5.74) is 0. The third kappa shape index (κ3) is 52.3. The molecule has 0 rings (SSSR count). The van der Waals surface area contributed by atoms with E-state index in [1.54, 1.807) is 0 Å². The largest absolute Gasteiger partial charge is 4.00 e. The fourth-order valence-electron chi connectivity index (χ4n) is 5.28. The summed E-state index contributed by atoms with van der Waals surface area (Å²) in [5, 5.41) is 20.4. The van der Waals surface area contributed by atoms with Gasteiger partial charge in [0.25, 0.3) is 0 Å². The maximum absolute atomic E-state index is 10.2. The number of hydrogen-bond donors (Lipinski definition) is 0. The van der Waals surface area contributed by atoms with Crippen molar-refractivity contribution in [2.75, 3.05) is 0 Å². The molecule has 0 aromatic heterocycles. The molecule has 0 aliphatic rings. The molecule has 0 aliphatic carbocycles. The molecule has 42 heavy (non-hydrogen) atoms. The molecular weight excluding hydrogens is 560 g/mol. The van der Waals surface area contributed by atoms with Crippen LogP contribution < -0.4 is 10.2 Å². The van der Waals surface area contributed by atoms with Crippen LogP contribution in [0, 0.1) is 0 Å². The van der Waals surface area contributed by atoms with E-state index in [0.29, 0.717) is 0 Å². The zero-order valence-electron chi connectivity index (χ0n) is 28.2. The summed E-state index contributed by atoms with van der Waals surface area (Å²) in [4.78, 5) is 20.4. The molecule has 0 radical (unpaired) electrons. The van der Waals surface area contributed by atoms with Crippen LogP contribution in [0.3, 0.4) is 0 Å². The Morgan fingerprint density at radius 1 is 0.333 bits per heavy atom. The van der Waals surface area contributed by atoms with Crippen LogP contribution >= 0.6 is 0 Å². The molecule has 0 aliphatic heterocycles. The first-order valence-corrected chi connectivity index (χ1v) is 17.9.